The van der Waals surface area contributed by atoms with E-state index in [4.69, 9.17) is 0 Å². The van der Waals surface area contributed by atoms with Crippen molar-refractivity contribution in [1.29, 1.82) is 0 Å². The van der Waals surface area contributed by atoms with Gasteiger partial charge in [0.05, 0.1) is 0 Å². The van der Waals surface area contributed by atoms with Crippen molar-refractivity contribution in [3.8, 4) is 0 Å². The average Bonchev–Trinajstić information content (AvgIpc) is 2.99. The molecule has 0 saturated heterocycles. The van der Waals surface area contributed by atoms with E-state index in [0.717, 1.165) is 24.0 Å². The van der Waals surface area contributed by atoms with Crippen LogP contribution in [0.15, 0.2) is 53.5 Å². The molecule has 0 spiro atoms. The van der Waals surface area contributed by atoms with E-state index in [2.05, 4.69) is 47.5 Å². The molecule has 3 aromatic rings. The predicted molar refractivity (Wildman–Crippen MR) is 105 cm³/mol. The maximum atomic E-state index is 10.8. The van der Waals surface area contributed by atoms with Crippen molar-refractivity contribution in [1.82, 2.24) is 0 Å². The molecule has 124 valence electrons. The Morgan fingerprint density at radius 2 is 1.84 bits per heavy atom. The van der Waals surface area contributed by atoms with Gasteiger partial charge in [0, 0.05) is 11.8 Å². The number of fused-ring (bicyclic) bond motifs is 5. The molecule has 1 N–H and O–H groups in total. The third-order valence-corrected chi connectivity index (χ3v) is 5.72. The molecule has 2 aliphatic rings. The Labute approximate surface area is 147 Å². The minimum Gasteiger partial charge on any atom is -0.366 e. The second kappa shape index (κ2) is 5.27. The summed E-state index contributed by atoms with van der Waals surface area (Å²) < 4.78 is 0. The molecule has 0 aromatic heterocycles. The summed E-state index contributed by atoms with van der Waals surface area (Å²) in [5.74, 6) is 0. The fraction of sp³-hybridized carbons (Fsp3) is 0.261. The maximum absolute atomic E-state index is 10.8. The van der Waals surface area contributed by atoms with Crippen LogP contribution < -0.4 is 0 Å². The van der Waals surface area contributed by atoms with Crippen LogP contribution in [0, 0.1) is 0 Å². The molecule has 1 unspecified atom stereocenters. The second-order valence-corrected chi connectivity index (χ2v) is 7.36. The summed E-state index contributed by atoms with van der Waals surface area (Å²) in [6.07, 6.45) is 8.48. The average molecular weight is 327 g/mol. The fourth-order valence-corrected chi connectivity index (χ4v) is 4.50. The van der Waals surface area contributed by atoms with Gasteiger partial charge in [0.1, 0.15) is 0 Å². The van der Waals surface area contributed by atoms with Gasteiger partial charge in [-0.25, -0.2) is 0 Å². The highest BCUT2D eigenvalue weighted by Gasteiger charge is 2.31. The molecular formula is C23H21NO. The highest BCUT2D eigenvalue weighted by molar-refractivity contribution is 6.15. The van der Waals surface area contributed by atoms with E-state index in [-0.39, 0.29) is 0 Å². The molecule has 2 nitrogen and oxygen atoms in total. The largest absolute Gasteiger partial charge is 0.366 e. The van der Waals surface area contributed by atoms with Crippen LogP contribution in [-0.2, 0) is 12.8 Å². The molecule has 1 atom stereocenters. The van der Waals surface area contributed by atoms with Crippen LogP contribution in [0.5, 0.6) is 0 Å². The predicted octanol–water partition coefficient (Wildman–Crippen LogP) is 5.05. The van der Waals surface area contributed by atoms with Gasteiger partial charge in [-0.2, -0.15) is 0 Å². The van der Waals surface area contributed by atoms with Crippen LogP contribution in [0.1, 0.15) is 36.5 Å². The van der Waals surface area contributed by atoms with Crippen molar-refractivity contribution in [3.63, 3.8) is 0 Å². The number of rotatable bonds is 1. The van der Waals surface area contributed by atoms with E-state index in [1.54, 1.807) is 13.1 Å². The Balaban J connectivity index is 1.94. The number of hydrogen-bond acceptors (Lipinski definition) is 2. The van der Waals surface area contributed by atoms with Crippen molar-refractivity contribution >= 4 is 33.3 Å². The van der Waals surface area contributed by atoms with Crippen LogP contribution in [0.25, 0.3) is 27.1 Å². The fourth-order valence-electron chi connectivity index (χ4n) is 4.50. The van der Waals surface area contributed by atoms with Crippen molar-refractivity contribution < 1.29 is 5.11 Å². The molecule has 0 saturated carbocycles. The van der Waals surface area contributed by atoms with E-state index in [0.29, 0.717) is 0 Å². The molecule has 25 heavy (non-hydrogen) atoms. The lowest BCUT2D eigenvalue weighted by Crippen LogP contribution is -2.20. The molecule has 1 heterocycles. The Morgan fingerprint density at radius 1 is 1.00 bits per heavy atom. The number of aryl methyl sites for hydroxylation is 2. The topological polar surface area (TPSA) is 32.6 Å². The number of aliphatic hydroxyl groups is 1. The summed E-state index contributed by atoms with van der Waals surface area (Å²) in [6.45, 7) is 1.78. The molecule has 1 aliphatic carbocycles. The van der Waals surface area contributed by atoms with Crippen LogP contribution in [0.2, 0.25) is 0 Å². The van der Waals surface area contributed by atoms with Gasteiger partial charge in [0.25, 0.3) is 0 Å². The van der Waals surface area contributed by atoms with Crippen molar-refractivity contribution in [2.45, 2.75) is 38.3 Å². The SMILES string of the molecule is CC1(O)N=CC=C1c1cc2ccccc2c2ccc3c(c12)CCCC3. The number of allylic oxidation sites excluding steroid dienone is 1. The van der Waals surface area contributed by atoms with E-state index in [9.17, 15) is 5.11 Å². The molecule has 2 heteroatoms. The zero-order chi connectivity index (χ0) is 17.0. The Kier molecular flexibility index (Phi) is 3.13. The molecule has 0 bridgehead atoms. The molecule has 1 aliphatic heterocycles. The molecule has 0 radical (unpaired) electrons. The highest BCUT2D eigenvalue weighted by atomic mass is 16.3. The van der Waals surface area contributed by atoms with E-state index >= 15 is 0 Å². The van der Waals surface area contributed by atoms with Crippen LogP contribution in [0.4, 0.5) is 0 Å². The highest BCUT2D eigenvalue weighted by Crippen LogP contribution is 2.42. The Morgan fingerprint density at radius 3 is 2.68 bits per heavy atom. The molecule has 5 rings (SSSR count). The summed E-state index contributed by atoms with van der Waals surface area (Å²) >= 11 is 0. The minimum atomic E-state index is -1.15. The van der Waals surface area contributed by atoms with Crippen LogP contribution >= 0.6 is 0 Å². The van der Waals surface area contributed by atoms with E-state index in [1.807, 2.05) is 6.08 Å². The lowest BCUT2D eigenvalue weighted by molar-refractivity contribution is 0.136. The second-order valence-electron chi connectivity index (χ2n) is 7.36. The van der Waals surface area contributed by atoms with Crippen molar-refractivity contribution in [3.05, 3.63) is 65.2 Å². The van der Waals surface area contributed by atoms with Gasteiger partial charge < -0.3 is 5.11 Å². The van der Waals surface area contributed by atoms with Gasteiger partial charge in [0.15, 0.2) is 5.72 Å². The lowest BCUT2D eigenvalue weighted by Gasteiger charge is -2.25. The van der Waals surface area contributed by atoms with Crippen molar-refractivity contribution in [2.24, 2.45) is 4.99 Å². The maximum Gasteiger partial charge on any atom is 0.179 e. The number of benzene rings is 3. The number of aliphatic imine (C=N–C) groups is 1. The first kappa shape index (κ1) is 14.9. The van der Waals surface area contributed by atoms with Gasteiger partial charge in [-0.05, 0) is 83.0 Å². The summed E-state index contributed by atoms with van der Waals surface area (Å²) in [4.78, 5) is 4.26. The van der Waals surface area contributed by atoms with Crippen LogP contribution in [0.3, 0.4) is 0 Å². The Hall–Kier alpha value is -2.45. The quantitative estimate of drug-likeness (QED) is 0.623. The summed E-state index contributed by atoms with van der Waals surface area (Å²) in [7, 11) is 0. The summed E-state index contributed by atoms with van der Waals surface area (Å²) in [5, 5.41) is 15.9. The monoisotopic (exact) mass is 327 g/mol. The molecule has 0 fully saturated rings. The lowest BCUT2D eigenvalue weighted by atomic mass is 9.82. The first-order valence-electron chi connectivity index (χ1n) is 9.10. The molecule has 3 aromatic carbocycles. The molecule has 0 amide bonds. The van der Waals surface area contributed by atoms with Gasteiger partial charge in [0.2, 0.25) is 0 Å². The van der Waals surface area contributed by atoms with Gasteiger partial charge in [-0.3, -0.25) is 4.99 Å². The normalized spacial score (nSPS) is 22.4. The van der Waals surface area contributed by atoms with Gasteiger partial charge >= 0.3 is 0 Å². The van der Waals surface area contributed by atoms with E-state index < -0.39 is 5.72 Å². The summed E-state index contributed by atoms with van der Waals surface area (Å²) in [5.41, 5.74) is 3.83. The van der Waals surface area contributed by atoms with Crippen LogP contribution in [-0.4, -0.2) is 17.0 Å². The first-order chi connectivity index (χ1) is 12.1. The Bertz CT molecular complexity index is 1070. The first-order valence-corrected chi connectivity index (χ1v) is 9.10. The number of nitrogens with zero attached hydrogens (tertiary/aromatic N) is 1. The summed E-state index contributed by atoms with van der Waals surface area (Å²) in [6, 6.07) is 15.4. The third kappa shape index (κ3) is 2.17. The number of hydrogen-bond donors (Lipinski definition) is 1. The van der Waals surface area contributed by atoms with Gasteiger partial charge in [-0.15, -0.1) is 0 Å². The molecular weight excluding hydrogens is 306 g/mol. The van der Waals surface area contributed by atoms with E-state index in [1.165, 1.54) is 45.5 Å². The van der Waals surface area contributed by atoms with Gasteiger partial charge in [-0.1, -0.05) is 36.4 Å². The zero-order valence-electron chi connectivity index (χ0n) is 14.4. The zero-order valence-corrected chi connectivity index (χ0v) is 14.4. The third-order valence-electron chi connectivity index (χ3n) is 5.72. The smallest absolute Gasteiger partial charge is 0.179 e. The van der Waals surface area contributed by atoms with Crippen molar-refractivity contribution in [2.75, 3.05) is 0 Å². The standard InChI is InChI=1S/C23H21NO/c1-23(25)21(12-13-24-23)20-14-16-7-3-4-8-17(16)19-11-10-15-6-2-5-9-18(15)22(19)20/h3-4,7-8,10-14,25H,2,5-6,9H2,1H3. The minimum absolute atomic E-state index is 0.905.